The van der Waals surface area contributed by atoms with Crippen LogP contribution in [-0.2, 0) is 10.0 Å². The highest BCUT2D eigenvalue weighted by atomic mass is 32.2. The largest absolute Gasteiger partial charge is 0.213 e. The summed E-state index contributed by atoms with van der Waals surface area (Å²) in [6.45, 7) is 1.36. The fourth-order valence-corrected chi connectivity index (χ4v) is 4.12. The Bertz CT molecular complexity index is 465. The zero-order chi connectivity index (χ0) is 13.0. The maximum Gasteiger partial charge on any atom is 0.211 e. The van der Waals surface area contributed by atoms with Gasteiger partial charge in [0.15, 0.2) is 0 Å². The SMILES string of the molecule is CS(=O)(=O)N1CCC(CSc2ccccc2)CC1. The van der Waals surface area contributed by atoms with Crippen LogP contribution >= 0.6 is 11.8 Å². The monoisotopic (exact) mass is 285 g/mol. The molecule has 0 N–H and O–H groups in total. The molecule has 0 saturated carbocycles. The van der Waals surface area contributed by atoms with Crippen molar-refractivity contribution in [3.63, 3.8) is 0 Å². The quantitative estimate of drug-likeness (QED) is 0.798. The normalized spacial score (nSPS) is 18.9. The Morgan fingerprint density at radius 3 is 2.39 bits per heavy atom. The van der Waals surface area contributed by atoms with E-state index in [9.17, 15) is 8.42 Å². The maximum absolute atomic E-state index is 11.4. The highest BCUT2D eigenvalue weighted by Gasteiger charge is 2.24. The van der Waals surface area contributed by atoms with Gasteiger partial charge in [-0.3, -0.25) is 0 Å². The highest BCUT2D eigenvalue weighted by Crippen LogP contribution is 2.26. The zero-order valence-electron chi connectivity index (χ0n) is 10.6. The minimum Gasteiger partial charge on any atom is -0.213 e. The van der Waals surface area contributed by atoms with Crippen molar-refractivity contribution in [2.24, 2.45) is 5.92 Å². The minimum absolute atomic E-state index is 0.633. The van der Waals surface area contributed by atoms with Gasteiger partial charge in [0.05, 0.1) is 6.26 Å². The van der Waals surface area contributed by atoms with Crippen molar-refractivity contribution >= 4 is 21.8 Å². The molecule has 0 bridgehead atoms. The van der Waals surface area contributed by atoms with E-state index in [4.69, 9.17) is 0 Å². The highest BCUT2D eigenvalue weighted by molar-refractivity contribution is 7.99. The van der Waals surface area contributed by atoms with Gasteiger partial charge in [-0.05, 0) is 30.9 Å². The molecule has 3 nitrogen and oxygen atoms in total. The Kier molecular flexibility index (Phi) is 4.70. The summed E-state index contributed by atoms with van der Waals surface area (Å²) in [4.78, 5) is 1.29. The third-order valence-electron chi connectivity index (χ3n) is 3.27. The van der Waals surface area contributed by atoms with Crippen LogP contribution < -0.4 is 0 Å². The molecule has 1 aromatic rings. The van der Waals surface area contributed by atoms with E-state index in [0.717, 1.165) is 18.6 Å². The fraction of sp³-hybridized carbons (Fsp3) is 0.538. The van der Waals surface area contributed by atoms with Gasteiger partial charge in [-0.1, -0.05) is 18.2 Å². The second kappa shape index (κ2) is 6.08. The predicted octanol–water partition coefficient (Wildman–Crippen LogP) is 2.45. The number of sulfonamides is 1. The molecule has 1 aliphatic rings. The summed E-state index contributed by atoms with van der Waals surface area (Å²) >= 11 is 1.87. The summed E-state index contributed by atoms with van der Waals surface area (Å²) < 4.78 is 24.4. The lowest BCUT2D eigenvalue weighted by Gasteiger charge is -2.29. The first kappa shape index (κ1) is 13.9. The Balaban J connectivity index is 1.78. The van der Waals surface area contributed by atoms with Gasteiger partial charge in [-0.25, -0.2) is 12.7 Å². The van der Waals surface area contributed by atoms with Gasteiger partial charge in [0.1, 0.15) is 0 Å². The van der Waals surface area contributed by atoms with E-state index in [1.54, 1.807) is 4.31 Å². The van der Waals surface area contributed by atoms with Crippen LogP contribution in [0.4, 0.5) is 0 Å². The van der Waals surface area contributed by atoms with E-state index in [1.807, 2.05) is 17.8 Å². The van der Waals surface area contributed by atoms with Crippen molar-refractivity contribution in [1.29, 1.82) is 0 Å². The van der Waals surface area contributed by atoms with Crippen LogP contribution in [0.3, 0.4) is 0 Å². The summed E-state index contributed by atoms with van der Waals surface area (Å²) in [6, 6.07) is 10.4. The van der Waals surface area contributed by atoms with Gasteiger partial charge in [-0.15, -0.1) is 11.8 Å². The predicted molar refractivity (Wildman–Crippen MR) is 76.3 cm³/mol. The summed E-state index contributed by atoms with van der Waals surface area (Å²) in [7, 11) is -2.99. The van der Waals surface area contributed by atoms with Crippen LogP contribution in [0.25, 0.3) is 0 Å². The minimum atomic E-state index is -2.99. The number of hydrogen-bond donors (Lipinski definition) is 0. The van der Waals surface area contributed by atoms with E-state index < -0.39 is 10.0 Å². The van der Waals surface area contributed by atoms with Crippen LogP contribution in [0.5, 0.6) is 0 Å². The van der Waals surface area contributed by atoms with Crippen molar-refractivity contribution in [3.8, 4) is 0 Å². The molecule has 1 heterocycles. The number of rotatable bonds is 4. The van der Waals surface area contributed by atoms with Gasteiger partial charge < -0.3 is 0 Å². The third-order valence-corrected chi connectivity index (χ3v) is 5.82. The van der Waals surface area contributed by atoms with E-state index in [-0.39, 0.29) is 0 Å². The van der Waals surface area contributed by atoms with Gasteiger partial charge in [0.2, 0.25) is 10.0 Å². The molecule has 100 valence electrons. The molecule has 18 heavy (non-hydrogen) atoms. The van der Waals surface area contributed by atoms with Crippen molar-refractivity contribution in [1.82, 2.24) is 4.31 Å². The van der Waals surface area contributed by atoms with Crippen LogP contribution in [0.1, 0.15) is 12.8 Å². The van der Waals surface area contributed by atoms with Crippen LogP contribution in [0.15, 0.2) is 35.2 Å². The molecule has 0 aliphatic carbocycles. The van der Waals surface area contributed by atoms with Crippen LogP contribution in [-0.4, -0.2) is 37.8 Å². The Hall–Kier alpha value is -0.520. The molecule has 1 saturated heterocycles. The van der Waals surface area contributed by atoms with Gasteiger partial charge in [-0.2, -0.15) is 0 Å². The van der Waals surface area contributed by atoms with Gasteiger partial charge in [0, 0.05) is 23.7 Å². The molecule has 0 aromatic heterocycles. The molecular weight excluding hydrogens is 266 g/mol. The zero-order valence-corrected chi connectivity index (χ0v) is 12.2. The molecule has 1 fully saturated rings. The van der Waals surface area contributed by atoms with E-state index in [1.165, 1.54) is 11.2 Å². The Morgan fingerprint density at radius 1 is 1.22 bits per heavy atom. The van der Waals surface area contributed by atoms with Crippen LogP contribution in [0.2, 0.25) is 0 Å². The van der Waals surface area contributed by atoms with E-state index in [0.29, 0.717) is 19.0 Å². The van der Waals surface area contributed by atoms with E-state index >= 15 is 0 Å². The van der Waals surface area contributed by atoms with Crippen molar-refractivity contribution in [3.05, 3.63) is 30.3 Å². The smallest absolute Gasteiger partial charge is 0.211 e. The van der Waals surface area contributed by atoms with Crippen LogP contribution in [0, 0.1) is 5.92 Å². The summed E-state index contributed by atoms with van der Waals surface area (Å²) in [5.74, 6) is 1.72. The topological polar surface area (TPSA) is 37.4 Å². The average Bonchev–Trinajstić information content (AvgIpc) is 2.37. The summed E-state index contributed by atoms with van der Waals surface area (Å²) in [6.07, 6.45) is 3.26. The molecule has 0 radical (unpaired) electrons. The number of benzene rings is 1. The van der Waals surface area contributed by atoms with Crippen molar-refractivity contribution in [2.75, 3.05) is 25.1 Å². The second-order valence-electron chi connectivity index (χ2n) is 4.73. The standard InChI is InChI=1S/C13H19NO2S2/c1-18(15,16)14-9-7-12(8-10-14)11-17-13-5-3-2-4-6-13/h2-6,12H,7-11H2,1H3. The molecule has 1 aromatic carbocycles. The van der Waals surface area contributed by atoms with Crippen molar-refractivity contribution < 1.29 is 8.42 Å². The lowest BCUT2D eigenvalue weighted by molar-refractivity contribution is 0.292. The van der Waals surface area contributed by atoms with Gasteiger partial charge in [0.25, 0.3) is 0 Å². The number of hydrogen-bond acceptors (Lipinski definition) is 3. The van der Waals surface area contributed by atoms with Gasteiger partial charge >= 0.3 is 0 Å². The Morgan fingerprint density at radius 2 is 1.83 bits per heavy atom. The van der Waals surface area contributed by atoms with Crippen molar-refractivity contribution in [2.45, 2.75) is 17.7 Å². The lowest BCUT2D eigenvalue weighted by Crippen LogP contribution is -2.38. The fourth-order valence-electron chi connectivity index (χ4n) is 2.14. The lowest BCUT2D eigenvalue weighted by atomic mass is 10.0. The molecule has 2 rings (SSSR count). The molecule has 0 amide bonds. The molecule has 5 heteroatoms. The first-order chi connectivity index (χ1) is 8.55. The maximum atomic E-state index is 11.4. The first-order valence-electron chi connectivity index (χ1n) is 6.18. The third kappa shape index (κ3) is 4.00. The molecule has 0 unspecified atom stereocenters. The first-order valence-corrected chi connectivity index (χ1v) is 9.02. The average molecular weight is 285 g/mol. The molecular formula is C13H19NO2S2. The summed E-state index contributed by atoms with van der Waals surface area (Å²) in [5.41, 5.74) is 0. The Labute approximate surface area is 114 Å². The molecule has 0 atom stereocenters. The number of piperidine rings is 1. The number of thioether (sulfide) groups is 1. The molecule has 0 spiro atoms. The van der Waals surface area contributed by atoms with E-state index in [2.05, 4.69) is 24.3 Å². The number of nitrogens with zero attached hydrogens (tertiary/aromatic N) is 1. The molecule has 1 aliphatic heterocycles. The summed E-state index contributed by atoms with van der Waals surface area (Å²) in [5, 5.41) is 0. The second-order valence-corrected chi connectivity index (χ2v) is 7.81.